The van der Waals surface area contributed by atoms with Gasteiger partial charge in [-0.3, -0.25) is 19.0 Å². The average molecular weight is 691 g/mol. The number of alkyl carbamates (subject to hydrolysis) is 2. The SMILES string of the molecule is C=C(CN(CCC)C(=O)CNC(=O)OC)N/C(=C\C)c1ccc(-c2ccn(-c3cnc(CN(CCC)C(=O)CNC(=O)OC)[nH]3)c(=O)c2)cc1. The quantitative estimate of drug-likeness (QED) is 0.165. The fourth-order valence-electron chi connectivity index (χ4n) is 4.99. The van der Waals surface area contributed by atoms with E-state index in [1.54, 1.807) is 16.0 Å². The molecule has 0 fully saturated rings. The summed E-state index contributed by atoms with van der Waals surface area (Å²) in [6.45, 7) is 10.9. The van der Waals surface area contributed by atoms with Crippen LogP contribution in [0.4, 0.5) is 9.59 Å². The molecule has 50 heavy (non-hydrogen) atoms. The van der Waals surface area contributed by atoms with Gasteiger partial charge in [0.1, 0.15) is 24.7 Å². The highest BCUT2D eigenvalue weighted by molar-refractivity contribution is 5.83. The highest BCUT2D eigenvalue weighted by Crippen LogP contribution is 2.22. The number of benzene rings is 1. The lowest BCUT2D eigenvalue weighted by Crippen LogP contribution is -2.42. The Morgan fingerprint density at radius 1 is 0.920 bits per heavy atom. The van der Waals surface area contributed by atoms with Crippen LogP contribution in [0.25, 0.3) is 22.6 Å². The van der Waals surface area contributed by atoms with Crippen molar-refractivity contribution >= 4 is 29.7 Å². The number of hydrogen-bond acceptors (Lipinski definition) is 9. The molecule has 4 amide bonds. The molecule has 3 aromatic rings. The van der Waals surface area contributed by atoms with Gasteiger partial charge in [0.25, 0.3) is 5.56 Å². The van der Waals surface area contributed by atoms with Crippen LogP contribution in [0.2, 0.25) is 0 Å². The zero-order valence-corrected chi connectivity index (χ0v) is 29.2. The van der Waals surface area contributed by atoms with E-state index in [1.165, 1.54) is 31.0 Å². The Morgan fingerprint density at radius 2 is 1.52 bits per heavy atom. The first-order chi connectivity index (χ1) is 24.0. The van der Waals surface area contributed by atoms with Crippen molar-refractivity contribution in [1.82, 2.24) is 40.3 Å². The molecule has 4 N–H and O–H groups in total. The van der Waals surface area contributed by atoms with Crippen molar-refractivity contribution in [3.05, 3.63) is 88.9 Å². The molecule has 0 bridgehead atoms. The smallest absolute Gasteiger partial charge is 0.407 e. The van der Waals surface area contributed by atoms with E-state index in [0.717, 1.165) is 28.8 Å². The van der Waals surface area contributed by atoms with Crippen LogP contribution in [-0.2, 0) is 25.6 Å². The molecular formula is C35H46N8O7. The minimum atomic E-state index is -0.690. The van der Waals surface area contributed by atoms with Crippen LogP contribution in [0, 0.1) is 0 Å². The van der Waals surface area contributed by atoms with Gasteiger partial charge in [0.05, 0.1) is 33.5 Å². The molecule has 0 saturated carbocycles. The summed E-state index contributed by atoms with van der Waals surface area (Å²) in [4.78, 5) is 71.9. The molecule has 2 aromatic heterocycles. The van der Waals surface area contributed by atoms with Gasteiger partial charge in [-0.1, -0.05) is 50.8 Å². The van der Waals surface area contributed by atoms with E-state index in [1.807, 2.05) is 57.2 Å². The second kappa shape index (κ2) is 19.2. The predicted molar refractivity (Wildman–Crippen MR) is 189 cm³/mol. The molecule has 0 atom stereocenters. The molecule has 0 saturated heterocycles. The Kier molecular flexibility index (Phi) is 14.8. The lowest BCUT2D eigenvalue weighted by Gasteiger charge is -2.24. The van der Waals surface area contributed by atoms with Crippen molar-refractivity contribution in [3.63, 3.8) is 0 Å². The molecular weight excluding hydrogens is 644 g/mol. The Bertz CT molecular complexity index is 1730. The molecule has 0 spiro atoms. The minimum absolute atomic E-state index is 0.175. The number of nitrogens with one attached hydrogen (secondary N) is 4. The number of carbonyl (C=O) groups is 4. The molecule has 0 radical (unpaired) electrons. The zero-order chi connectivity index (χ0) is 36.6. The first-order valence-electron chi connectivity index (χ1n) is 16.2. The number of imidazole rings is 1. The number of hydrogen-bond donors (Lipinski definition) is 4. The topological polar surface area (TPSA) is 180 Å². The maximum atomic E-state index is 13.2. The van der Waals surface area contributed by atoms with Crippen molar-refractivity contribution in [2.24, 2.45) is 0 Å². The van der Waals surface area contributed by atoms with E-state index in [9.17, 15) is 24.0 Å². The standard InChI is InChI=1S/C35H46N8O7/c1-7-15-41(32(45)20-37-34(47)49-5)22-24(4)39-28(9-3)26-12-10-25(11-13-26)27-14-17-43(31(44)18-27)30-19-36-29(40-30)23-42(16-8-2)33(46)21-38-35(48)50-6/h9-14,17-19,39H,4,7-8,15-16,20-23H2,1-3,5-6H3,(H,36,40)(H,37,47)(H,38,48)/b28-9-. The lowest BCUT2D eigenvalue weighted by atomic mass is 10.0. The number of carbonyl (C=O) groups excluding carboxylic acids is 4. The van der Waals surface area contributed by atoms with Gasteiger partial charge in [-0.25, -0.2) is 14.6 Å². The van der Waals surface area contributed by atoms with E-state index in [4.69, 9.17) is 0 Å². The van der Waals surface area contributed by atoms with E-state index in [0.29, 0.717) is 36.8 Å². The average Bonchev–Trinajstić information content (AvgIpc) is 3.59. The Morgan fingerprint density at radius 3 is 2.08 bits per heavy atom. The van der Waals surface area contributed by atoms with Gasteiger partial charge in [0, 0.05) is 36.7 Å². The molecule has 15 nitrogen and oxygen atoms in total. The van der Waals surface area contributed by atoms with E-state index >= 15 is 0 Å². The van der Waals surface area contributed by atoms with Crippen LogP contribution in [0.3, 0.4) is 0 Å². The molecule has 268 valence electrons. The molecule has 0 unspecified atom stereocenters. The fourth-order valence-corrected chi connectivity index (χ4v) is 4.99. The van der Waals surface area contributed by atoms with Crippen molar-refractivity contribution in [3.8, 4) is 16.9 Å². The van der Waals surface area contributed by atoms with E-state index in [2.05, 4.69) is 42.0 Å². The summed E-state index contributed by atoms with van der Waals surface area (Å²) in [5.41, 5.74) is 3.57. The maximum absolute atomic E-state index is 13.2. The van der Waals surface area contributed by atoms with Crippen LogP contribution in [0.1, 0.15) is 45.0 Å². The highest BCUT2D eigenvalue weighted by Gasteiger charge is 2.18. The van der Waals surface area contributed by atoms with Crippen LogP contribution < -0.4 is 21.5 Å². The van der Waals surface area contributed by atoms with Crippen LogP contribution >= 0.6 is 0 Å². The van der Waals surface area contributed by atoms with Crippen molar-refractivity contribution < 1.29 is 28.7 Å². The first-order valence-corrected chi connectivity index (χ1v) is 16.2. The van der Waals surface area contributed by atoms with Crippen molar-refractivity contribution in [2.75, 3.05) is 46.9 Å². The number of aromatic nitrogens is 3. The second-order valence-corrected chi connectivity index (χ2v) is 11.2. The molecule has 1 aromatic carbocycles. The minimum Gasteiger partial charge on any atom is -0.453 e. The molecule has 0 aliphatic rings. The maximum Gasteiger partial charge on any atom is 0.407 e. The monoisotopic (exact) mass is 690 g/mol. The van der Waals surface area contributed by atoms with Gasteiger partial charge < -0.3 is 40.2 Å². The first kappa shape index (κ1) is 38.6. The molecule has 2 heterocycles. The number of methoxy groups -OCH3 is 2. The summed E-state index contributed by atoms with van der Waals surface area (Å²) in [6, 6.07) is 11.0. The van der Waals surface area contributed by atoms with Gasteiger partial charge in [0.15, 0.2) is 0 Å². The predicted octanol–water partition coefficient (Wildman–Crippen LogP) is 3.38. The number of nitrogens with zero attached hydrogens (tertiary/aromatic N) is 4. The third kappa shape index (κ3) is 11.1. The summed E-state index contributed by atoms with van der Waals surface area (Å²) in [7, 11) is 2.46. The lowest BCUT2D eigenvalue weighted by molar-refractivity contribution is -0.131. The van der Waals surface area contributed by atoms with Gasteiger partial charge in [-0.05, 0) is 42.5 Å². The normalized spacial score (nSPS) is 10.9. The summed E-state index contributed by atoms with van der Waals surface area (Å²) >= 11 is 0. The van der Waals surface area contributed by atoms with Gasteiger partial charge in [-0.15, -0.1) is 0 Å². The van der Waals surface area contributed by atoms with Crippen LogP contribution in [0.15, 0.2) is 71.9 Å². The largest absolute Gasteiger partial charge is 0.453 e. The molecule has 15 heteroatoms. The van der Waals surface area contributed by atoms with Crippen LogP contribution in [-0.4, -0.2) is 95.3 Å². The van der Waals surface area contributed by atoms with Gasteiger partial charge in [-0.2, -0.15) is 0 Å². The number of H-pyrrole nitrogens is 1. The van der Waals surface area contributed by atoms with E-state index < -0.39 is 12.2 Å². The number of pyridine rings is 1. The Labute approximate surface area is 291 Å². The van der Waals surface area contributed by atoms with Crippen LogP contribution in [0.5, 0.6) is 0 Å². The number of rotatable bonds is 17. The number of amides is 4. The number of allylic oxidation sites excluding steroid dienone is 1. The highest BCUT2D eigenvalue weighted by atomic mass is 16.5. The van der Waals surface area contributed by atoms with Gasteiger partial charge >= 0.3 is 12.2 Å². The number of ether oxygens (including phenoxy) is 2. The second-order valence-electron chi connectivity index (χ2n) is 11.2. The van der Waals surface area contributed by atoms with E-state index in [-0.39, 0.29) is 43.6 Å². The molecule has 3 rings (SSSR count). The third-order valence-corrected chi connectivity index (χ3v) is 7.48. The van der Waals surface area contributed by atoms with Crippen molar-refractivity contribution in [2.45, 2.75) is 40.2 Å². The molecule has 0 aliphatic carbocycles. The van der Waals surface area contributed by atoms with Crippen molar-refractivity contribution in [1.29, 1.82) is 0 Å². The summed E-state index contributed by atoms with van der Waals surface area (Å²) in [5.74, 6) is 0.398. The zero-order valence-electron chi connectivity index (χ0n) is 29.2. The summed E-state index contributed by atoms with van der Waals surface area (Å²) in [6.07, 6.45) is 5.18. The molecule has 0 aliphatic heterocycles. The third-order valence-electron chi connectivity index (χ3n) is 7.48. The number of aromatic amines is 1. The summed E-state index contributed by atoms with van der Waals surface area (Å²) in [5, 5.41) is 8.10. The summed E-state index contributed by atoms with van der Waals surface area (Å²) < 4.78 is 10.5. The van der Waals surface area contributed by atoms with Gasteiger partial charge in [0.2, 0.25) is 11.8 Å². The fraction of sp³-hybridized carbons (Fsp3) is 0.371. The Balaban J connectivity index is 1.66. The Hall–Kier alpha value is -5.86.